The number of nitrogens with zero attached hydrogens (tertiary/aromatic N) is 1. The van der Waals surface area contributed by atoms with Crippen molar-refractivity contribution < 1.29 is 4.79 Å². The molecule has 3 nitrogen and oxygen atoms in total. The highest BCUT2D eigenvalue weighted by Gasteiger charge is 2.12. The summed E-state index contributed by atoms with van der Waals surface area (Å²) < 4.78 is 0. The van der Waals surface area contributed by atoms with Crippen LogP contribution < -0.4 is 5.84 Å². The molecular formula is C15H24N2O. The van der Waals surface area contributed by atoms with Crippen LogP contribution >= 0.6 is 0 Å². The molecule has 3 heteroatoms. The van der Waals surface area contributed by atoms with E-state index in [2.05, 4.69) is 45.0 Å². The smallest absolute Gasteiger partial charge is 0.236 e. The number of rotatable bonds is 4. The lowest BCUT2D eigenvalue weighted by molar-refractivity contribution is -0.130. The maximum atomic E-state index is 11.3. The Morgan fingerprint density at radius 3 is 2.22 bits per heavy atom. The summed E-state index contributed by atoms with van der Waals surface area (Å²) in [6, 6.07) is 8.65. The Morgan fingerprint density at radius 2 is 1.78 bits per heavy atom. The van der Waals surface area contributed by atoms with Gasteiger partial charge in [0.05, 0.1) is 0 Å². The molecule has 0 aliphatic carbocycles. The van der Waals surface area contributed by atoms with Crippen molar-refractivity contribution in [3.05, 3.63) is 35.4 Å². The lowest BCUT2D eigenvalue weighted by Gasteiger charge is -2.19. The number of aryl methyl sites for hydroxylation is 1. The standard InChI is InChI=1S/C15H24N2O/c1-15(2,3)13-10-8-12(9-11-13)6-5-7-14(18)17(4)16/h8-11H,5-7,16H2,1-4H3. The summed E-state index contributed by atoms with van der Waals surface area (Å²) in [6.45, 7) is 6.62. The first-order chi connectivity index (χ1) is 8.30. The number of benzene rings is 1. The second-order valence-corrected chi connectivity index (χ2v) is 5.81. The van der Waals surface area contributed by atoms with Gasteiger partial charge in [-0.3, -0.25) is 9.80 Å². The molecule has 1 rings (SSSR count). The average molecular weight is 248 g/mol. The Kier molecular flexibility index (Phi) is 4.91. The highest BCUT2D eigenvalue weighted by Crippen LogP contribution is 2.22. The van der Waals surface area contributed by atoms with Gasteiger partial charge in [-0.15, -0.1) is 0 Å². The quantitative estimate of drug-likeness (QED) is 0.506. The monoisotopic (exact) mass is 248 g/mol. The number of hydrogen-bond donors (Lipinski definition) is 1. The van der Waals surface area contributed by atoms with Crippen molar-refractivity contribution in [3.63, 3.8) is 0 Å². The molecule has 0 bridgehead atoms. The van der Waals surface area contributed by atoms with Gasteiger partial charge in [-0.1, -0.05) is 45.0 Å². The van der Waals surface area contributed by atoms with Crippen molar-refractivity contribution in [2.24, 2.45) is 5.84 Å². The van der Waals surface area contributed by atoms with Crippen molar-refractivity contribution in [1.82, 2.24) is 5.01 Å². The van der Waals surface area contributed by atoms with E-state index in [1.807, 2.05) is 0 Å². The maximum Gasteiger partial charge on any atom is 0.236 e. The fraction of sp³-hybridized carbons (Fsp3) is 0.533. The molecule has 0 atom stereocenters. The van der Waals surface area contributed by atoms with Gasteiger partial charge in [-0.2, -0.15) is 0 Å². The number of nitrogens with two attached hydrogens (primary N) is 1. The summed E-state index contributed by atoms with van der Waals surface area (Å²) in [5, 5.41) is 1.16. The molecule has 0 aliphatic rings. The minimum atomic E-state index is -0.0127. The molecule has 1 aromatic carbocycles. The van der Waals surface area contributed by atoms with Crippen LogP contribution in [0.25, 0.3) is 0 Å². The van der Waals surface area contributed by atoms with Crippen molar-refractivity contribution in [2.45, 2.75) is 45.4 Å². The molecule has 0 fully saturated rings. The molecule has 1 amide bonds. The van der Waals surface area contributed by atoms with Crippen molar-refractivity contribution >= 4 is 5.91 Å². The molecule has 100 valence electrons. The van der Waals surface area contributed by atoms with E-state index in [0.717, 1.165) is 17.9 Å². The van der Waals surface area contributed by atoms with E-state index in [-0.39, 0.29) is 11.3 Å². The third kappa shape index (κ3) is 4.49. The third-order valence-corrected chi connectivity index (χ3v) is 3.07. The summed E-state index contributed by atoms with van der Waals surface area (Å²) >= 11 is 0. The molecule has 0 radical (unpaired) electrons. The van der Waals surface area contributed by atoms with Crippen LogP contribution in [0.15, 0.2) is 24.3 Å². The minimum absolute atomic E-state index is 0.0127. The van der Waals surface area contributed by atoms with Crippen LogP contribution in [0, 0.1) is 0 Å². The predicted molar refractivity (Wildman–Crippen MR) is 75.0 cm³/mol. The highest BCUT2D eigenvalue weighted by molar-refractivity contribution is 5.75. The van der Waals surface area contributed by atoms with E-state index in [0.29, 0.717) is 6.42 Å². The molecule has 0 saturated carbocycles. The first kappa shape index (κ1) is 14.7. The van der Waals surface area contributed by atoms with E-state index in [4.69, 9.17) is 5.84 Å². The van der Waals surface area contributed by atoms with Crippen molar-refractivity contribution in [3.8, 4) is 0 Å². The third-order valence-electron chi connectivity index (χ3n) is 3.07. The molecule has 1 aromatic rings. The van der Waals surface area contributed by atoms with Crippen LogP contribution in [0.3, 0.4) is 0 Å². The molecule has 0 unspecified atom stereocenters. The van der Waals surface area contributed by atoms with Gasteiger partial charge in [0.25, 0.3) is 0 Å². The van der Waals surface area contributed by atoms with Gasteiger partial charge in [0, 0.05) is 13.5 Å². The molecule has 0 spiro atoms. The SMILES string of the molecule is CN(N)C(=O)CCCc1ccc(C(C)(C)C)cc1. The summed E-state index contributed by atoms with van der Waals surface area (Å²) in [5.41, 5.74) is 2.80. The van der Waals surface area contributed by atoms with Crippen LogP contribution in [0.5, 0.6) is 0 Å². The van der Waals surface area contributed by atoms with Gasteiger partial charge < -0.3 is 0 Å². The lowest BCUT2D eigenvalue weighted by atomic mass is 9.86. The number of hydrogen-bond acceptors (Lipinski definition) is 2. The zero-order valence-electron chi connectivity index (χ0n) is 11.9. The normalized spacial score (nSPS) is 11.4. The first-order valence-electron chi connectivity index (χ1n) is 6.41. The van der Waals surface area contributed by atoms with Gasteiger partial charge >= 0.3 is 0 Å². The van der Waals surface area contributed by atoms with Gasteiger partial charge in [0.1, 0.15) is 0 Å². The number of carbonyl (C=O) groups excluding carboxylic acids is 1. The summed E-state index contributed by atoms with van der Waals surface area (Å²) in [5.74, 6) is 5.35. The van der Waals surface area contributed by atoms with Crippen LogP contribution in [0.1, 0.15) is 44.7 Å². The first-order valence-corrected chi connectivity index (χ1v) is 6.41. The minimum Gasteiger partial charge on any atom is -0.284 e. The fourth-order valence-corrected chi connectivity index (χ4v) is 1.79. The molecule has 0 saturated heterocycles. The Bertz CT molecular complexity index is 388. The van der Waals surface area contributed by atoms with Crippen LogP contribution in [0.4, 0.5) is 0 Å². The van der Waals surface area contributed by atoms with Gasteiger partial charge in [0.2, 0.25) is 5.91 Å². The van der Waals surface area contributed by atoms with Crippen molar-refractivity contribution in [1.29, 1.82) is 0 Å². The number of carbonyl (C=O) groups is 1. The van der Waals surface area contributed by atoms with Crippen LogP contribution in [0.2, 0.25) is 0 Å². The average Bonchev–Trinajstić information content (AvgIpc) is 2.28. The zero-order valence-corrected chi connectivity index (χ0v) is 11.9. The highest BCUT2D eigenvalue weighted by atomic mass is 16.2. The van der Waals surface area contributed by atoms with E-state index < -0.39 is 0 Å². The molecular weight excluding hydrogens is 224 g/mol. The predicted octanol–water partition coefficient (Wildman–Crippen LogP) is 2.64. The fourth-order valence-electron chi connectivity index (χ4n) is 1.79. The van der Waals surface area contributed by atoms with Crippen LogP contribution in [-0.4, -0.2) is 18.0 Å². The Balaban J connectivity index is 2.47. The Hall–Kier alpha value is -1.35. The van der Waals surface area contributed by atoms with Crippen LogP contribution in [-0.2, 0) is 16.6 Å². The van der Waals surface area contributed by atoms with E-state index in [1.54, 1.807) is 7.05 Å². The zero-order chi connectivity index (χ0) is 13.8. The Morgan fingerprint density at radius 1 is 1.22 bits per heavy atom. The summed E-state index contributed by atoms with van der Waals surface area (Å²) in [7, 11) is 1.58. The summed E-state index contributed by atoms with van der Waals surface area (Å²) in [4.78, 5) is 11.3. The topological polar surface area (TPSA) is 46.3 Å². The van der Waals surface area contributed by atoms with Gasteiger partial charge in [0.15, 0.2) is 0 Å². The number of hydrazine groups is 1. The molecule has 0 heterocycles. The van der Waals surface area contributed by atoms with E-state index in [1.165, 1.54) is 11.1 Å². The lowest BCUT2D eigenvalue weighted by Crippen LogP contribution is -2.32. The second kappa shape index (κ2) is 6.01. The van der Waals surface area contributed by atoms with E-state index >= 15 is 0 Å². The van der Waals surface area contributed by atoms with Gasteiger partial charge in [-0.05, 0) is 29.4 Å². The molecule has 0 aliphatic heterocycles. The van der Waals surface area contributed by atoms with Gasteiger partial charge in [-0.25, -0.2) is 5.84 Å². The Labute approximate surface area is 110 Å². The second-order valence-electron chi connectivity index (χ2n) is 5.81. The molecule has 2 N–H and O–H groups in total. The number of amides is 1. The molecule has 0 aromatic heterocycles. The van der Waals surface area contributed by atoms with E-state index in [9.17, 15) is 4.79 Å². The largest absolute Gasteiger partial charge is 0.284 e. The molecule has 18 heavy (non-hydrogen) atoms. The maximum absolute atomic E-state index is 11.3. The van der Waals surface area contributed by atoms with Crippen molar-refractivity contribution in [2.75, 3.05) is 7.05 Å². The summed E-state index contributed by atoms with van der Waals surface area (Å²) in [6.07, 6.45) is 2.27.